The highest BCUT2D eigenvalue weighted by molar-refractivity contribution is 9.10. The maximum absolute atomic E-state index is 12.0. The molecule has 2 N–H and O–H groups in total. The van der Waals surface area contributed by atoms with Gasteiger partial charge in [0, 0.05) is 16.6 Å². The van der Waals surface area contributed by atoms with Crippen LogP contribution in [0.5, 0.6) is 5.75 Å². The number of imidazole rings is 1. The Hall–Kier alpha value is -1.76. The molecule has 0 atom stereocenters. The minimum absolute atomic E-state index is 0.0875. The molecule has 0 fully saturated rings. The molecule has 130 valence electrons. The molecule has 25 heavy (non-hydrogen) atoms. The van der Waals surface area contributed by atoms with Crippen LogP contribution in [0.3, 0.4) is 0 Å². The summed E-state index contributed by atoms with van der Waals surface area (Å²) in [7, 11) is 0. The number of halogens is 3. The van der Waals surface area contributed by atoms with Gasteiger partial charge in [-0.1, -0.05) is 27.5 Å². The van der Waals surface area contributed by atoms with Crippen molar-refractivity contribution in [3.63, 3.8) is 0 Å². The van der Waals surface area contributed by atoms with E-state index in [4.69, 9.17) is 27.9 Å². The van der Waals surface area contributed by atoms with Crippen LogP contribution in [-0.4, -0.2) is 22.5 Å². The van der Waals surface area contributed by atoms with Crippen molar-refractivity contribution in [1.29, 1.82) is 0 Å². The minimum Gasteiger partial charge on any atom is -0.492 e. The van der Waals surface area contributed by atoms with Crippen molar-refractivity contribution in [2.45, 2.75) is 12.8 Å². The normalized spacial score (nSPS) is 10.8. The molecule has 0 aliphatic rings. The Labute approximate surface area is 162 Å². The summed E-state index contributed by atoms with van der Waals surface area (Å²) in [5.74, 6) is 0.516. The van der Waals surface area contributed by atoms with E-state index in [1.807, 2.05) is 6.07 Å². The first-order valence-electron chi connectivity index (χ1n) is 7.54. The molecule has 0 spiro atoms. The molecular formula is C17H14BrCl2N3O2. The summed E-state index contributed by atoms with van der Waals surface area (Å²) in [5.41, 5.74) is 2.22. The van der Waals surface area contributed by atoms with Crippen LogP contribution >= 0.6 is 39.1 Å². The first-order chi connectivity index (χ1) is 12.0. The van der Waals surface area contributed by atoms with E-state index in [-0.39, 0.29) is 5.91 Å². The molecule has 5 nitrogen and oxygen atoms in total. The van der Waals surface area contributed by atoms with Crippen LogP contribution in [-0.2, 0) is 4.79 Å². The zero-order valence-electron chi connectivity index (χ0n) is 13.0. The second-order valence-electron chi connectivity index (χ2n) is 5.33. The van der Waals surface area contributed by atoms with Crippen LogP contribution < -0.4 is 10.1 Å². The molecule has 0 unspecified atom stereocenters. The van der Waals surface area contributed by atoms with Gasteiger partial charge in [0.15, 0.2) is 0 Å². The van der Waals surface area contributed by atoms with E-state index in [0.29, 0.717) is 41.2 Å². The number of nitrogens with zero attached hydrogens (tertiary/aromatic N) is 1. The molecule has 3 rings (SSSR count). The predicted molar refractivity (Wildman–Crippen MR) is 104 cm³/mol. The molecule has 3 aromatic rings. The highest BCUT2D eigenvalue weighted by Crippen LogP contribution is 2.27. The third kappa shape index (κ3) is 4.87. The maximum Gasteiger partial charge on any atom is 0.224 e. The molecule has 0 aliphatic carbocycles. The number of carbonyl (C=O) groups excluding carboxylic acids is 1. The van der Waals surface area contributed by atoms with Gasteiger partial charge in [0.2, 0.25) is 11.2 Å². The number of aromatic nitrogens is 2. The fourth-order valence-corrected chi connectivity index (χ4v) is 3.21. The van der Waals surface area contributed by atoms with Gasteiger partial charge in [-0.2, -0.15) is 0 Å². The Kier molecular flexibility index (Phi) is 5.83. The summed E-state index contributed by atoms with van der Waals surface area (Å²) < 4.78 is 6.48. The fraction of sp³-hybridized carbons (Fsp3) is 0.176. The van der Waals surface area contributed by atoms with Crippen LogP contribution in [0, 0.1) is 0 Å². The fourth-order valence-electron chi connectivity index (χ4n) is 2.29. The predicted octanol–water partition coefficient (Wildman–Crippen LogP) is 5.43. The van der Waals surface area contributed by atoms with Gasteiger partial charge in [-0.15, -0.1) is 0 Å². The third-order valence-corrected chi connectivity index (χ3v) is 4.40. The minimum atomic E-state index is -0.0875. The molecule has 1 amide bonds. The van der Waals surface area contributed by atoms with Gasteiger partial charge in [0.05, 0.1) is 22.7 Å². The Morgan fingerprint density at radius 3 is 2.88 bits per heavy atom. The molecule has 0 aliphatic heterocycles. The summed E-state index contributed by atoms with van der Waals surface area (Å²) in [6.07, 6.45) is 0.923. The second-order valence-corrected chi connectivity index (χ2v) is 7.02. The van der Waals surface area contributed by atoms with Crippen molar-refractivity contribution in [3.05, 3.63) is 51.2 Å². The van der Waals surface area contributed by atoms with Gasteiger partial charge in [0.25, 0.3) is 0 Å². The maximum atomic E-state index is 12.0. The van der Waals surface area contributed by atoms with E-state index in [0.717, 1.165) is 15.5 Å². The zero-order valence-corrected chi connectivity index (χ0v) is 16.1. The Balaban J connectivity index is 1.47. The molecule has 0 radical (unpaired) electrons. The number of amides is 1. The number of ether oxygens (including phenoxy) is 1. The Morgan fingerprint density at radius 2 is 2.08 bits per heavy atom. The lowest BCUT2D eigenvalue weighted by molar-refractivity contribution is -0.116. The van der Waals surface area contributed by atoms with Crippen molar-refractivity contribution in [2.24, 2.45) is 0 Å². The highest BCUT2D eigenvalue weighted by atomic mass is 79.9. The topological polar surface area (TPSA) is 67.0 Å². The molecule has 0 bridgehead atoms. The number of H-pyrrole nitrogens is 1. The van der Waals surface area contributed by atoms with E-state index in [2.05, 4.69) is 31.2 Å². The van der Waals surface area contributed by atoms with Crippen LogP contribution in [0.2, 0.25) is 10.3 Å². The van der Waals surface area contributed by atoms with Gasteiger partial charge < -0.3 is 15.0 Å². The zero-order chi connectivity index (χ0) is 17.8. The van der Waals surface area contributed by atoms with Crippen LogP contribution in [0.25, 0.3) is 11.0 Å². The van der Waals surface area contributed by atoms with Gasteiger partial charge >= 0.3 is 0 Å². The van der Waals surface area contributed by atoms with Gasteiger partial charge in [-0.3, -0.25) is 4.79 Å². The van der Waals surface area contributed by atoms with Crippen molar-refractivity contribution in [1.82, 2.24) is 9.97 Å². The van der Waals surface area contributed by atoms with E-state index in [1.165, 1.54) is 0 Å². The molecule has 0 saturated heterocycles. The number of anilines is 1. The van der Waals surface area contributed by atoms with Gasteiger partial charge in [-0.05, 0) is 54.4 Å². The number of benzene rings is 2. The number of hydrogen-bond donors (Lipinski definition) is 2. The van der Waals surface area contributed by atoms with Crippen molar-refractivity contribution in [3.8, 4) is 5.75 Å². The molecule has 0 saturated carbocycles. The number of carbonyl (C=O) groups is 1. The number of rotatable bonds is 6. The molecule has 2 aromatic carbocycles. The smallest absolute Gasteiger partial charge is 0.224 e. The summed E-state index contributed by atoms with van der Waals surface area (Å²) in [6, 6.07) is 10.8. The molecule has 8 heteroatoms. The monoisotopic (exact) mass is 441 g/mol. The van der Waals surface area contributed by atoms with E-state index < -0.39 is 0 Å². The SMILES string of the molecule is O=C(CCCOc1ccc(Br)cc1Cl)Nc1ccc2nc(Cl)[nH]c2c1. The molecule has 1 aromatic heterocycles. The number of aromatic amines is 1. The average Bonchev–Trinajstić information content (AvgIpc) is 2.92. The lowest BCUT2D eigenvalue weighted by atomic mass is 10.2. The van der Waals surface area contributed by atoms with Crippen molar-refractivity contribution >= 4 is 61.8 Å². The number of nitrogens with one attached hydrogen (secondary N) is 2. The van der Waals surface area contributed by atoms with E-state index in [1.54, 1.807) is 30.3 Å². The van der Waals surface area contributed by atoms with Crippen LogP contribution in [0.15, 0.2) is 40.9 Å². The lowest BCUT2D eigenvalue weighted by Crippen LogP contribution is -2.12. The molecular weight excluding hydrogens is 429 g/mol. The third-order valence-electron chi connectivity index (χ3n) is 3.44. The first kappa shape index (κ1) is 18.0. The standard InChI is InChI=1S/C17H14BrCl2N3O2/c18-10-3-6-15(12(19)8-10)25-7-1-2-16(24)21-11-4-5-13-14(9-11)23-17(20)22-13/h3-6,8-9H,1-2,7H2,(H,21,24)(H,22,23). The first-order valence-corrected chi connectivity index (χ1v) is 9.09. The lowest BCUT2D eigenvalue weighted by Gasteiger charge is -2.08. The number of fused-ring (bicyclic) bond motifs is 1. The summed E-state index contributed by atoms with van der Waals surface area (Å²) in [5, 5.41) is 3.70. The summed E-state index contributed by atoms with van der Waals surface area (Å²) in [6.45, 7) is 0.407. The van der Waals surface area contributed by atoms with Crippen LogP contribution in [0.1, 0.15) is 12.8 Å². The Bertz CT molecular complexity index is 914. The second kappa shape index (κ2) is 8.08. The largest absolute Gasteiger partial charge is 0.492 e. The van der Waals surface area contributed by atoms with E-state index in [9.17, 15) is 4.79 Å². The average molecular weight is 443 g/mol. The molecule has 1 heterocycles. The van der Waals surface area contributed by atoms with Crippen LogP contribution in [0.4, 0.5) is 5.69 Å². The van der Waals surface area contributed by atoms with Gasteiger partial charge in [-0.25, -0.2) is 4.98 Å². The van der Waals surface area contributed by atoms with Gasteiger partial charge in [0.1, 0.15) is 5.75 Å². The van der Waals surface area contributed by atoms with Crippen molar-refractivity contribution < 1.29 is 9.53 Å². The van der Waals surface area contributed by atoms with Crippen molar-refractivity contribution in [2.75, 3.05) is 11.9 Å². The summed E-state index contributed by atoms with van der Waals surface area (Å²) in [4.78, 5) is 19.0. The highest BCUT2D eigenvalue weighted by Gasteiger charge is 2.07. The quantitative estimate of drug-likeness (QED) is 0.500. The Morgan fingerprint density at radius 1 is 1.24 bits per heavy atom. The summed E-state index contributed by atoms with van der Waals surface area (Å²) >= 11 is 15.2. The number of hydrogen-bond acceptors (Lipinski definition) is 3. The van der Waals surface area contributed by atoms with E-state index >= 15 is 0 Å².